The minimum Gasteiger partial charge on any atom is -0.369 e. The van der Waals surface area contributed by atoms with Crippen LogP contribution in [0.5, 0.6) is 0 Å². The Balaban J connectivity index is 2.02. The van der Waals surface area contributed by atoms with Gasteiger partial charge in [-0.05, 0) is 38.8 Å². The molecule has 3 atom stereocenters. The first-order chi connectivity index (χ1) is 11.3. The van der Waals surface area contributed by atoms with E-state index in [-0.39, 0.29) is 17.6 Å². The average molecular weight is 330 g/mol. The van der Waals surface area contributed by atoms with Crippen molar-refractivity contribution < 1.29 is 14.5 Å². The minimum absolute atomic E-state index is 0.0819. The molecular formula is C16H18N4O4. The van der Waals surface area contributed by atoms with Crippen LogP contribution in [0.1, 0.15) is 31.7 Å². The van der Waals surface area contributed by atoms with Crippen LogP contribution in [0.3, 0.4) is 0 Å². The van der Waals surface area contributed by atoms with Gasteiger partial charge >= 0.3 is 0 Å². The van der Waals surface area contributed by atoms with E-state index < -0.39 is 21.8 Å². The fraction of sp³-hybridized carbons (Fsp3) is 0.500. The number of carbonyl (C=O) groups is 2. The van der Waals surface area contributed by atoms with Gasteiger partial charge in [0.25, 0.3) is 11.6 Å². The number of rotatable bonds is 2. The Morgan fingerprint density at radius 3 is 2.92 bits per heavy atom. The maximum absolute atomic E-state index is 13.1. The van der Waals surface area contributed by atoms with Gasteiger partial charge in [0, 0.05) is 29.4 Å². The summed E-state index contributed by atoms with van der Waals surface area (Å²) in [6.45, 7) is 2.38. The normalized spacial score (nSPS) is 34.2. The van der Waals surface area contributed by atoms with E-state index in [1.54, 1.807) is 6.92 Å². The molecule has 0 aromatic heterocycles. The van der Waals surface area contributed by atoms with E-state index in [2.05, 4.69) is 5.32 Å². The third-order valence-electron chi connectivity index (χ3n) is 5.97. The van der Waals surface area contributed by atoms with Gasteiger partial charge in [-0.3, -0.25) is 24.6 Å². The zero-order valence-corrected chi connectivity index (χ0v) is 13.2. The molecule has 3 aliphatic heterocycles. The molecule has 2 saturated heterocycles. The van der Waals surface area contributed by atoms with E-state index in [0.29, 0.717) is 24.2 Å². The molecule has 3 aliphatic rings. The van der Waals surface area contributed by atoms with Gasteiger partial charge in [-0.15, -0.1) is 0 Å². The number of hydrogen-bond acceptors (Lipinski definition) is 5. The van der Waals surface area contributed by atoms with E-state index in [9.17, 15) is 19.7 Å². The van der Waals surface area contributed by atoms with Gasteiger partial charge in [-0.1, -0.05) is 0 Å². The molecule has 0 radical (unpaired) electrons. The number of anilines is 1. The quantitative estimate of drug-likeness (QED) is 0.622. The summed E-state index contributed by atoms with van der Waals surface area (Å²) in [5.41, 5.74) is 4.27. The molecule has 1 aromatic rings. The second-order valence-electron chi connectivity index (χ2n) is 7.04. The number of amides is 2. The van der Waals surface area contributed by atoms with Crippen molar-refractivity contribution in [3.8, 4) is 0 Å². The fourth-order valence-corrected chi connectivity index (χ4v) is 4.93. The number of nitrogens with two attached hydrogens (primary N) is 1. The molecule has 126 valence electrons. The second-order valence-corrected chi connectivity index (χ2v) is 7.04. The molecule has 1 aromatic carbocycles. The molecule has 0 aliphatic carbocycles. The maximum Gasteiger partial charge on any atom is 0.269 e. The number of nitro groups is 1. The number of fused-ring (bicyclic) bond motifs is 4. The van der Waals surface area contributed by atoms with Crippen LogP contribution < -0.4 is 11.1 Å². The molecular weight excluding hydrogens is 312 g/mol. The zero-order valence-electron chi connectivity index (χ0n) is 13.2. The van der Waals surface area contributed by atoms with E-state index in [4.69, 9.17) is 5.73 Å². The van der Waals surface area contributed by atoms with Gasteiger partial charge in [-0.25, -0.2) is 0 Å². The summed E-state index contributed by atoms with van der Waals surface area (Å²) in [6.07, 6.45) is 2.30. The Kier molecular flexibility index (Phi) is 2.85. The smallest absolute Gasteiger partial charge is 0.269 e. The number of hydrogen-bond donors (Lipinski definition) is 2. The highest BCUT2D eigenvalue weighted by Gasteiger charge is 2.71. The predicted molar refractivity (Wildman–Crippen MR) is 85.1 cm³/mol. The number of nitro benzene ring substituents is 1. The highest BCUT2D eigenvalue weighted by molar-refractivity contribution is 6.10. The first-order valence-corrected chi connectivity index (χ1v) is 7.99. The molecule has 1 unspecified atom stereocenters. The Bertz CT molecular complexity index is 794. The summed E-state index contributed by atoms with van der Waals surface area (Å²) in [5.74, 6) is -0.866. The topological polar surface area (TPSA) is 119 Å². The lowest BCUT2D eigenvalue weighted by Gasteiger charge is -2.41. The van der Waals surface area contributed by atoms with Crippen LogP contribution >= 0.6 is 0 Å². The highest BCUT2D eigenvalue weighted by atomic mass is 16.6. The van der Waals surface area contributed by atoms with Crippen molar-refractivity contribution in [3.63, 3.8) is 0 Å². The third kappa shape index (κ3) is 1.51. The van der Waals surface area contributed by atoms with Crippen molar-refractivity contribution in [2.75, 3.05) is 11.9 Å². The molecule has 1 spiro atoms. The standard InChI is InChI=1S/C16H18N4O4/c1-15(13(17)21)8-10-3-2-6-19(10)16(15)11-7-9(20(23)24)4-5-12(11)18-14(16)22/h4-5,7,10H,2-3,6,8H2,1H3,(H2,17,21)(H,18,22)/t10?,15-,16+/m0/s1. The average Bonchev–Trinajstić information content (AvgIpc) is 3.14. The molecule has 2 amide bonds. The summed E-state index contributed by atoms with van der Waals surface area (Å²) in [4.78, 5) is 38.2. The Morgan fingerprint density at radius 2 is 2.25 bits per heavy atom. The first kappa shape index (κ1) is 15.1. The van der Waals surface area contributed by atoms with Crippen LogP contribution in [0.15, 0.2) is 18.2 Å². The maximum atomic E-state index is 13.1. The predicted octanol–water partition coefficient (Wildman–Crippen LogP) is 1.10. The lowest BCUT2D eigenvalue weighted by atomic mass is 9.66. The molecule has 0 saturated carbocycles. The summed E-state index contributed by atoms with van der Waals surface area (Å²) >= 11 is 0. The van der Waals surface area contributed by atoms with Crippen LogP contribution in [0.2, 0.25) is 0 Å². The number of nitrogens with one attached hydrogen (secondary N) is 1. The van der Waals surface area contributed by atoms with E-state index >= 15 is 0 Å². The lowest BCUT2D eigenvalue weighted by molar-refractivity contribution is -0.385. The van der Waals surface area contributed by atoms with Crippen molar-refractivity contribution in [1.82, 2.24) is 4.90 Å². The molecule has 4 rings (SSSR count). The summed E-state index contributed by atoms with van der Waals surface area (Å²) in [7, 11) is 0. The molecule has 3 heterocycles. The number of non-ortho nitro benzene ring substituents is 1. The van der Waals surface area contributed by atoms with Crippen LogP contribution in [0.25, 0.3) is 0 Å². The van der Waals surface area contributed by atoms with Crippen LogP contribution in [0, 0.1) is 15.5 Å². The SMILES string of the molecule is C[C@@]1(C(N)=O)CC2CCCN2[C@]12C(=O)Nc1ccc([N+](=O)[O-])cc12. The van der Waals surface area contributed by atoms with E-state index in [1.165, 1.54) is 18.2 Å². The molecule has 0 bridgehead atoms. The van der Waals surface area contributed by atoms with E-state index in [0.717, 1.165) is 12.8 Å². The van der Waals surface area contributed by atoms with Crippen molar-refractivity contribution in [1.29, 1.82) is 0 Å². The van der Waals surface area contributed by atoms with Crippen molar-refractivity contribution in [2.45, 2.75) is 37.8 Å². The Morgan fingerprint density at radius 1 is 1.50 bits per heavy atom. The number of primary amides is 1. The highest BCUT2D eigenvalue weighted by Crippen LogP contribution is 2.61. The van der Waals surface area contributed by atoms with Gasteiger partial charge in [0.05, 0.1) is 10.3 Å². The largest absolute Gasteiger partial charge is 0.369 e. The number of nitrogens with zero attached hydrogens (tertiary/aromatic N) is 2. The van der Waals surface area contributed by atoms with Gasteiger partial charge < -0.3 is 11.1 Å². The number of carbonyl (C=O) groups excluding carboxylic acids is 2. The van der Waals surface area contributed by atoms with Crippen molar-refractivity contribution in [3.05, 3.63) is 33.9 Å². The molecule has 2 fully saturated rings. The van der Waals surface area contributed by atoms with E-state index in [1.807, 2.05) is 4.90 Å². The van der Waals surface area contributed by atoms with Crippen LogP contribution in [0.4, 0.5) is 11.4 Å². The van der Waals surface area contributed by atoms with Crippen LogP contribution in [-0.2, 0) is 15.1 Å². The lowest BCUT2D eigenvalue weighted by Crippen LogP contribution is -2.59. The number of benzene rings is 1. The minimum atomic E-state index is -1.26. The monoisotopic (exact) mass is 330 g/mol. The van der Waals surface area contributed by atoms with Gasteiger partial charge in [0.2, 0.25) is 5.91 Å². The van der Waals surface area contributed by atoms with Gasteiger partial charge in [0.1, 0.15) is 5.54 Å². The second kappa shape index (κ2) is 4.54. The Labute approximate surface area is 138 Å². The summed E-state index contributed by atoms with van der Waals surface area (Å²) in [5, 5.41) is 14.0. The molecule has 24 heavy (non-hydrogen) atoms. The fourth-order valence-electron chi connectivity index (χ4n) is 4.93. The van der Waals surface area contributed by atoms with Crippen LogP contribution in [-0.4, -0.2) is 34.2 Å². The Hall–Kier alpha value is -2.48. The molecule has 3 N–H and O–H groups in total. The van der Waals surface area contributed by atoms with Gasteiger partial charge in [0.15, 0.2) is 0 Å². The summed E-state index contributed by atoms with van der Waals surface area (Å²) < 4.78 is 0. The van der Waals surface area contributed by atoms with Crippen molar-refractivity contribution >= 4 is 23.2 Å². The first-order valence-electron chi connectivity index (χ1n) is 7.99. The van der Waals surface area contributed by atoms with Gasteiger partial charge in [-0.2, -0.15) is 0 Å². The van der Waals surface area contributed by atoms with Crippen molar-refractivity contribution in [2.24, 2.45) is 11.1 Å². The molecule has 8 nitrogen and oxygen atoms in total. The molecule has 8 heteroatoms. The third-order valence-corrected chi connectivity index (χ3v) is 5.97. The zero-order chi connectivity index (χ0) is 17.3. The summed E-state index contributed by atoms with van der Waals surface area (Å²) in [6, 6.07) is 4.38.